The minimum atomic E-state index is 0. The first-order chi connectivity index (χ1) is 11.2. The van der Waals surface area contributed by atoms with Crippen molar-refractivity contribution in [3.05, 3.63) is 0 Å². The molecular weight excluding hydrogens is 288 g/mol. The molecule has 0 atom stereocenters. The van der Waals surface area contributed by atoms with Gasteiger partial charge in [-0.25, -0.2) is 0 Å². The Kier molecular flexibility index (Phi) is 8.83. The van der Waals surface area contributed by atoms with E-state index in [0.717, 1.165) is 25.6 Å². The molecule has 0 unspecified atom stereocenters. The molecule has 0 aromatic carbocycles. The van der Waals surface area contributed by atoms with E-state index in [1.807, 2.05) is 0 Å². The van der Waals surface area contributed by atoms with E-state index in [9.17, 15) is 0 Å². The molecule has 0 bridgehead atoms. The average molecular weight is 329 g/mol. The molecule has 5 heteroatoms. The summed E-state index contributed by atoms with van der Waals surface area (Å²) in [5.74, 6) is 0.915. The van der Waals surface area contributed by atoms with Crippen molar-refractivity contribution in [2.24, 2.45) is 5.92 Å². The first kappa shape index (κ1) is 19.1. The van der Waals surface area contributed by atoms with Crippen LogP contribution in [0.2, 0.25) is 0 Å². The van der Waals surface area contributed by atoms with Gasteiger partial charge in [-0.05, 0) is 45.7 Å². The van der Waals surface area contributed by atoms with Crippen LogP contribution in [0.25, 0.3) is 0 Å². The molecule has 0 saturated carbocycles. The number of nitrogens with one attached hydrogen (secondary N) is 1. The Bertz CT molecular complexity index is 303. The summed E-state index contributed by atoms with van der Waals surface area (Å²) >= 11 is 0. The van der Waals surface area contributed by atoms with Crippen molar-refractivity contribution in [2.45, 2.75) is 32.7 Å². The summed E-state index contributed by atoms with van der Waals surface area (Å²) in [6.45, 7) is 17.6. The third-order valence-electron chi connectivity index (χ3n) is 5.45. The number of hydrogen-bond acceptors (Lipinski definition) is 5. The van der Waals surface area contributed by atoms with Gasteiger partial charge >= 0.3 is 0 Å². The molecule has 0 aromatic rings. The Labute approximate surface area is 144 Å². The van der Waals surface area contributed by atoms with Gasteiger partial charge in [0.15, 0.2) is 0 Å². The molecule has 2 heterocycles. The molecule has 23 heavy (non-hydrogen) atoms. The van der Waals surface area contributed by atoms with Crippen LogP contribution in [0.1, 0.15) is 28.1 Å². The fourth-order valence-corrected chi connectivity index (χ4v) is 3.76. The number of methoxy groups -OCH3 is 1. The van der Waals surface area contributed by atoms with Crippen LogP contribution in [0.5, 0.6) is 0 Å². The van der Waals surface area contributed by atoms with Gasteiger partial charge in [-0.15, -0.1) is 0 Å². The highest BCUT2D eigenvalue weighted by Gasteiger charge is 2.24. The van der Waals surface area contributed by atoms with Crippen molar-refractivity contribution in [3.8, 4) is 0 Å². The lowest BCUT2D eigenvalue weighted by Crippen LogP contribution is -2.50. The van der Waals surface area contributed by atoms with Crippen LogP contribution in [0.15, 0.2) is 0 Å². The molecular formula is C18H40N4O. The highest BCUT2D eigenvalue weighted by Crippen LogP contribution is 2.19. The van der Waals surface area contributed by atoms with Crippen LogP contribution in [0, 0.1) is 5.92 Å². The standard InChI is InChI=1S/C18H38N4O.H2/c1-17(2)22-13-11-21(12-14-22)16-18-4-8-20(9-5-18)10-6-19-7-15-23-3;/h17-19H,4-16H2,1-3H3;1H. The Morgan fingerprint density at radius 2 is 1.70 bits per heavy atom. The molecule has 0 aromatic heterocycles. The van der Waals surface area contributed by atoms with Gasteiger partial charge in [0, 0.05) is 66.9 Å². The second-order valence-electron chi connectivity index (χ2n) is 7.46. The summed E-state index contributed by atoms with van der Waals surface area (Å²) in [5, 5.41) is 3.44. The van der Waals surface area contributed by atoms with Gasteiger partial charge in [0.25, 0.3) is 0 Å². The number of hydrogen-bond donors (Lipinski definition) is 1. The van der Waals surface area contributed by atoms with Gasteiger partial charge in [-0.3, -0.25) is 4.90 Å². The highest BCUT2D eigenvalue weighted by molar-refractivity contribution is 4.79. The highest BCUT2D eigenvalue weighted by atomic mass is 16.5. The van der Waals surface area contributed by atoms with Crippen LogP contribution in [-0.2, 0) is 4.74 Å². The summed E-state index contributed by atoms with van der Waals surface area (Å²) < 4.78 is 5.06. The summed E-state index contributed by atoms with van der Waals surface area (Å²) in [6.07, 6.45) is 2.75. The Hall–Kier alpha value is -0.200. The van der Waals surface area contributed by atoms with E-state index >= 15 is 0 Å². The molecule has 0 amide bonds. The summed E-state index contributed by atoms with van der Waals surface area (Å²) in [4.78, 5) is 7.92. The quantitative estimate of drug-likeness (QED) is 0.643. The Morgan fingerprint density at radius 1 is 1.00 bits per heavy atom. The van der Waals surface area contributed by atoms with E-state index in [0.29, 0.717) is 6.04 Å². The second kappa shape index (κ2) is 10.6. The molecule has 0 spiro atoms. The van der Waals surface area contributed by atoms with E-state index in [1.165, 1.54) is 65.2 Å². The largest absolute Gasteiger partial charge is 0.383 e. The Morgan fingerprint density at radius 3 is 2.30 bits per heavy atom. The maximum Gasteiger partial charge on any atom is 0.0587 e. The fraction of sp³-hybridized carbons (Fsp3) is 1.00. The van der Waals surface area contributed by atoms with Crippen molar-refractivity contribution in [1.29, 1.82) is 0 Å². The van der Waals surface area contributed by atoms with Gasteiger partial charge in [0.2, 0.25) is 0 Å². The lowest BCUT2D eigenvalue weighted by molar-refractivity contribution is 0.0811. The minimum absolute atomic E-state index is 0. The van der Waals surface area contributed by atoms with Crippen LogP contribution < -0.4 is 5.32 Å². The molecule has 2 saturated heterocycles. The number of piperazine rings is 1. The lowest BCUT2D eigenvalue weighted by atomic mass is 9.96. The zero-order chi connectivity index (χ0) is 16.5. The second-order valence-corrected chi connectivity index (χ2v) is 7.46. The molecule has 138 valence electrons. The SMILES string of the molecule is COCCNCCN1CCC(CN2CCN(C(C)C)CC2)CC1.[HH]. The smallest absolute Gasteiger partial charge is 0.0587 e. The van der Waals surface area contributed by atoms with Crippen LogP contribution in [0.3, 0.4) is 0 Å². The van der Waals surface area contributed by atoms with Crippen LogP contribution in [-0.4, -0.2) is 99.9 Å². The minimum Gasteiger partial charge on any atom is -0.383 e. The first-order valence-electron chi connectivity index (χ1n) is 9.57. The third kappa shape index (κ3) is 7.06. The monoisotopic (exact) mass is 328 g/mol. The summed E-state index contributed by atoms with van der Waals surface area (Å²) in [7, 11) is 1.76. The lowest BCUT2D eigenvalue weighted by Gasteiger charge is -2.40. The Balaban J connectivity index is 0.00000288. The summed E-state index contributed by atoms with van der Waals surface area (Å²) in [5.41, 5.74) is 0. The maximum absolute atomic E-state index is 5.06. The van der Waals surface area contributed by atoms with Gasteiger partial charge in [-0.1, -0.05) is 0 Å². The number of nitrogens with zero attached hydrogens (tertiary/aromatic N) is 3. The van der Waals surface area contributed by atoms with E-state index in [2.05, 4.69) is 33.9 Å². The van der Waals surface area contributed by atoms with Gasteiger partial charge in [0.1, 0.15) is 0 Å². The molecule has 5 nitrogen and oxygen atoms in total. The molecule has 2 rings (SSSR count). The zero-order valence-corrected chi connectivity index (χ0v) is 15.6. The fourth-order valence-electron chi connectivity index (χ4n) is 3.76. The van der Waals surface area contributed by atoms with Crippen molar-refractivity contribution in [2.75, 3.05) is 79.2 Å². The van der Waals surface area contributed by atoms with Crippen molar-refractivity contribution < 1.29 is 6.16 Å². The number of likely N-dealkylation sites (tertiary alicyclic amines) is 1. The van der Waals surface area contributed by atoms with E-state index < -0.39 is 0 Å². The topological polar surface area (TPSA) is 31.0 Å². The van der Waals surface area contributed by atoms with E-state index in [-0.39, 0.29) is 1.43 Å². The molecule has 0 aliphatic carbocycles. The first-order valence-corrected chi connectivity index (χ1v) is 9.57. The van der Waals surface area contributed by atoms with Gasteiger partial charge in [0.05, 0.1) is 6.61 Å². The molecule has 2 aliphatic heterocycles. The normalized spacial score (nSPS) is 23.0. The molecule has 2 fully saturated rings. The number of piperidine rings is 1. The summed E-state index contributed by atoms with van der Waals surface area (Å²) in [6, 6.07) is 0.706. The van der Waals surface area contributed by atoms with E-state index in [4.69, 9.17) is 4.74 Å². The van der Waals surface area contributed by atoms with Gasteiger partial charge < -0.3 is 19.9 Å². The molecule has 1 N–H and O–H groups in total. The number of ether oxygens (including phenoxy) is 1. The molecule has 2 aliphatic rings. The van der Waals surface area contributed by atoms with Crippen LogP contribution >= 0.6 is 0 Å². The average Bonchev–Trinajstić information content (AvgIpc) is 2.57. The van der Waals surface area contributed by atoms with Crippen molar-refractivity contribution in [3.63, 3.8) is 0 Å². The zero-order valence-electron chi connectivity index (χ0n) is 15.6. The van der Waals surface area contributed by atoms with Crippen molar-refractivity contribution >= 4 is 0 Å². The predicted molar refractivity (Wildman–Crippen MR) is 99.2 cm³/mol. The third-order valence-corrected chi connectivity index (χ3v) is 5.45. The maximum atomic E-state index is 5.06. The van der Waals surface area contributed by atoms with Gasteiger partial charge in [-0.2, -0.15) is 0 Å². The van der Waals surface area contributed by atoms with Crippen LogP contribution in [0.4, 0.5) is 0 Å². The molecule has 0 radical (unpaired) electrons. The number of rotatable bonds is 9. The van der Waals surface area contributed by atoms with E-state index in [1.54, 1.807) is 7.11 Å². The predicted octanol–water partition coefficient (Wildman–Crippen LogP) is 1.21. The van der Waals surface area contributed by atoms with Crippen molar-refractivity contribution in [1.82, 2.24) is 20.0 Å².